The lowest BCUT2D eigenvalue weighted by molar-refractivity contribution is 0.299. The molecule has 0 aliphatic rings. The van der Waals surface area contributed by atoms with E-state index in [1.807, 2.05) is 20.8 Å². The van der Waals surface area contributed by atoms with Gasteiger partial charge in [-0.05, 0) is 20.3 Å². The molecule has 0 unspecified atom stereocenters. The van der Waals surface area contributed by atoms with Crippen molar-refractivity contribution < 1.29 is 8.42 Å². The van der Waals surface area contributed by atoms with Crippen LogP contribution >= 0.6 is 15.9 Å². The van der Waals surface area contributed by atoms with Crippen molar-refractivity contribution >= 4 is 26.0 Å². The van der Waals surface area contributed by atoms with Crippen LogP contribution in [0.2, 0.25) is 0 Å². The van der Waals surface area contributed by atoms with E-state index in [1.54, 1.807) is 7.05 Å². The second kappa shape index (κ2) is 4.75. The minimum absolute atomic E-state index is 0.222. The molecule has 0 bridgehead atoms. The van der Waals surface area contributed by atoms with Gasteiger partial charge in [-0.15, -0.1) is 0 Å². The van der Waals surface area contributed by atoms with Crippen LogP contribution in [0.1, 0.15) is 27.2 Å². The highest BCUT2D eigenvalue weighted by molar-refractivity contribution is 9.09. The molecule has 0 heterocycles. The molecule has 0 atom stereocenters. The van der Waals surface area contributed by atoms with E-state index in [1.165, 1.54) is 4.31 Å². The van der Waals surface area contributed by atoms with Crippen LogP contribution in [0.3, 0.4) is 0 Å². The Morgan fingerprint density at radius 2 is 1.85 bits per heavy atom. The molecule has 0 radical (unpaired) electrons. The van der Waals surface area contributed by atoms with Crippen LogP contribution in [-0.4, -0.2) is 36.4 Å². The average molecular weight is 272 g/mol. The lowest BCUT2D eigenvalue weighted by atomic mass is 10.1. The van der Waals surface area contributed by atoms with Crippen LogP contribution in [0.4, 0.5) is 0 Å². The third-order valence-electron chi connectivity index (χ3n) is 2.06. The first kappa shape index (κ1) is 13.4. The van der Waals surface area contributed by atoms with Crippen molar-refractivity contribution in [1.29, 1.82) is 0 Å². The van der Waals surface area contributed by atoms with Crippen molar-refractivity contribution in [2.75, 3.05) is 18.1 Å². The summed E-state index contributed by atoms with van der Waals surface area (Å²) in [5, 5.41) is 0.638. The van der Waals surface area contributed by atoms with Gasteiger partial charge >= 0.3 is 0 Å². The number of hydrogen-bond acceptors (Lipinski definition) is 2. The van der Waals surface area contributed by atoms with Crippen LogP contribution in [-0.2, 0) is 10.0 Å². The van der Waals surface area contributed by atoms with Crippen LogP contribution in [0, 0.1) is 0 Å². The monoisotopic (exact) mass is 271 g/mol. The minimum atomic E-state index is -3.08. The smallest absolute Gasteiger partial charge is 0.212 e. The van der Waals surface area contributed by atoms with E-state index in [9.17, 15) is 8.42 Å². The van der Waals surface area contributed by atoms with Gasteiger partial charge in [0.05, 0.1) is 5.75 Å². The lowest BCUT2D eigenvalue weighted by Gasteiger charge is -2.32. The van der Waals surface area contributed by atoms with Gasteiger partial charge in [0, 0.05) is 17.9 Å². The summed E-state index contributed by atoms with van der Waals surface area (Å²) in [4.78, 5) is 0. The van der Waals surface area contributed by atoms with Crippen molar-refractivity contribution in [3.63, 3.8) is 0 Å². The molecule has 0 aliphatic heterocycles. The molecule has 0 saturated carbocycles. The van der Waals surface area contributed by atoms with Gasteiger partial charge < -0.3 is 0 Å². The number of sulfonamides is 1. The van der Waals surface area contributed by atoms with Gasteiger partial charge in [0.1, 0.15) is 0 Å². The van der Waals surface area contributed by atoms with Gasteiger partial charge in [0.2, 0.25) is 10.0 Å². The van der Waals surface area contributed by atoms with E-state index in [0.717, 1.165) is 0 Å². The van der Waals surface area contributed by atoms with Gasteiger partial charge in [-0.25, -0.2) is 8.42 Å². The number of alkyl halides is 1. The molecule has 0 aromatic carbocycles. The maximum absolute atomic E-state index is 11.6. The Hall–Kier alpha value is 0.390. The summed E-state index contributed by atoms with van der Waals surface area (Å²) >= 11 is 3.31. The molecule has 0 N–H and O–H groups in total. The third kappa shape index (κ3) is 3.56. The van der Waals surface area contributed by atoms with E-state index in [0.29, 0.717) is 11.8 Å². The summed E-state index contributed by atoms with van der Waals surface area (Å²) in [5.41, 5.74) is -0.353. The minimum Gasteiger partial charge on any atom is -0.212 e. The molecule has 80 valence electrons. The van der Waals surface area contributed by atoms with E-state index in [2.05, 4.69) is 15.9 Å². The van der Waals surface area contributed by atoms with Crippen LogP contribution in [0.15, 0.2) is 0 Å². The zero-order valence-corrected chi connectivity index (χ0v) is 11.1. The Morgan fingerprint density at radius 3 is 2.15 bits per heavy atom. The molecule has 0 rings (SSSR count). The number of rotatable bonds is 5. The maximum Gasteiger partial charge on any atom is 0.214 e. The molecule has 5 heteroatoms. The zero-order valence-electron chi connectivity index (χ0n) is 8.67. The molecular weight excluding hydrogens is 254 g/mol. The molecule has 0 fully saturated rings. The number of halogens is 1. The van der Waals surface area contributed by atoms with E-state index in [-0.39, 0.29) is 11.3 Å². The SMILES string of the molecule is CCCS(=O)(=O)N(C)C(C)(C)CBr. The Labute approximate surface area is 89.7 Å². The second-order valence-electron chi connectivity index (χ2n) is 3.73. The Kier molecular flexibility index (Phi) is 4.90. The molecule has 13 heavy (non-hydrogen) atoms. The molecule has 0 aromatic rings. The van der Waals surface area contributed by atoms with E-state index >= 15 is 0 Å². The summed E-state index contributed by atoms with van der Waals surface area (Å²) in [6.45, 7) is 5.66. The van der Waals surface area contributed by atoms with Gasteiger partial charge in [-0.2, -0.15) is 4.31 Å². The summed E-state index contributed by atoms with van der Waals surface area (Å²) in [6.07, 6.45) is 0.658. The quantitative estimate of drug-likeness (QED) is 0.716. The number of nitrogens with zero attached hydrogens (tertiary/aromatic N) is 1. The van der Waals surface area contributed by atoms with Crippen molar-refractivity contribution in [3.05, 3.63) is 0 Å². The Bertz CT molecular complexity index is 249. The normalized spacial score (nSPS) is 13.7. The fraction of sp³-hybridized carbons (Fsp3) is 1.00. The standard InChI is InChI=1S/C8H18BrNO2S/c1-5-6-13(11,12)10(4)8(2,3)7-9/h5-7H2,1-4H3. The summed E-state index contributed by atoms with van der Waals surface area (Å²) in [7, 11) is -1.45. The Morgan fingerprint density at radius 1 is 1.38 bits per heavy atom. The highest BCUT2D eigenvalue weighted by Crippen LogP contribution is 2.19. The second-order valence-corrected chi connectivity index (χ2v) is 6.41. The van der Waals surface area contributed by atoms with Crippen LogP contribution in [0.5, 0.6) is 0 Å². The van der Waals surface area contributed by atoms with Crippen molar-refractivity contribution in [1.82, 2.24) is 4.31 Å². The zero-order chi connectivity index (χ0) is 10.7. The summed E-state index contributed by atoms with van der Waals surface area (Å²) < 4.78 is 24.7. The van der Waals surface area contributed by atoms with Crippen molar-refractivity contribution in [3.8, 4) is 0 Å². The average Bonchev–Trinajstić information content (AvgIpc) is 2.03. The molecule has 0 saturated heterocycles. The van der Waals surface area contributed by atoms with Crippen molar-refractivity contribution in [2.45, 2.75) is 32.7 Å². The lowest BCUT2D eigenvalue weighted by Crippen LogP contribution is -2.47. The topological polar surface area (TPSA) is 37.4 Å². The van der Waals surface area contributed by atoms with Gasteiger partial charge in [-0.1, -0.05) is 22.9 Å². The fourth-order valence-electron chi connectivity index (χ4n) is 0.856. The van der Waals surface area contributed by atoms with Gasteiger partial charge in [-0.3, -0.25) is 0 Å². The van der Waals surface area contributed by atoms with Crippen molar-refractivity contribution in [2.24, 2.45) is 0 Å². The first-order valence-electron chi connectivity index (χ1n) is 4.30. The summed E-state index contributed by atoms with van der Waals surface area (Å²) in [5.74, 6) is 0.222. The van der Waals surface area contributed by atoms with Gasteiger partial charge in [0.15, 0.2) is 0 Å². The first-order chi connectivity index (χ1) is 5.78. The number of hydrogen-bond donors (Lipinski definition) is 0. The Balaban J connectivity index is 4.69. The molecular formula is C8H18BrNO2S. The highest BCUT2D eigenvalue weighted by Gasteiger charge is 2.30. The molecule has 0 aromatic heterocycles. The van der Waals surface area contributed by atoms with Gasteiger partial charge in [0.25, 0.3) is 0 Å². The summed E-state index contributed by atoms with van der Waals surface area (Å²) in [6, 6.07) is 0. The third-order valence-corrected chi connectivity index (χ3v) is 5.68. The molecule has 0 aliphatic carbocycles. The van der Waals surface area contributed by atoms with Crippen LogP contribution in [0.25, 0.3) is 0 Å². The molecule has 0 amide bonds. The predicted molar refractivity (Wildman–Crippen MR) is 59.7 cm³/mol. The molecule has 0 spiro atoms. The first-order valence-corrected chi connectivity index (χ1v) is 7.03. The van der Waals surface area contributed by atoms with Crippen LogP contribution < -0.4 is 0 Å². The predicted octanol–water partition coefficient (Wildman–Crippen LogP) is 1.83. The largest absolute Gasteiger partial charge is 0.214 e. The fourth-order valence-corrected chi connectivity index (χ4v) is 3.01. The van der Waals surface area contributed by atoms with E-state index in [4.69, 9.17) is 0 Å². The maximum atomic E-state index is 11.6. The van der Waals surface area contributed by atoms with E-state index < -0.39 is 10.0 Å². The molecule has 3 nitrogen and oxygen atoms in total. The highest BCUT2D eigenvalue weighted by atomic mass is 79.9.